The number of carbonyl (C=O) groups is 1. The number of aromatic amines is 1. The fraction of sp³-hybridized carbons (Fsp3) is 0.500. The van der Waals surface area contributed by atoms with E-state index in [0.717, 1.165) is 37.8 Å². The summed E-state index contributed by atoms with van der Waals surface area (Å²) in [6.45, 7) is 2.62. The van der Waals surface area contributed by atoms with E-state index < -0.39 is 17.3 Å². The second-order valence-corrected chi connectivity index (χ2v) is 8.53. The molecule has 31 heavy (non-hydrogen) atoms. The third-order valence-electron chi connectivity index (χ3n) is 6.15. The standard InChI is InChI=1S/C22H24F3N5O/c1-21(13-26,15-7-8-15)29-19(31)12-30-9-3-6-18(30)20-27-11-17(28-20)14-4-2-5-16(10-14)22(23,24)25/h2,4-5,10-11,15,18H,3,6-9,12H2,1H3,(H,27,28)(H,29,31)/t18-,21-/m1/s1. The van der Waals surface area contributed by atoms with E-state index in [2.05, 4.69) is 21.4 Å². The Bertz CT molecular complexity index is 1010. The number of rotatable bonds is 6. The minimum absolute atomic E-state index is 0.125. The zero-order valence-electron chi connectivity index (χ0n) is 17.2. The molecule has 6 nitrogen and oxygen atoms in total. The smallest absolute Gasteiger partial charge is 0.341 e. The summed E-state index contributed by atoms with van der Waals surface area (Å²) in [6, 6.07) is 7.21. The molecule has 9 heteroatoms. The fourth-order valence-corrected chi connectivity index (χ4v) is 4.24. The average molecular weight is 431 g/mol. The van der Waals surface area contributed by atoms with Crippen molar-refractivity contribution in [2.75, 3.05) is 13.1 Å². The van der Waals surface area contributed by atoms with Crippen molar-refractivity contribution in [2.45, 2.75) is 50.4 Å². The van der Waals surface area contributed by atoms with Crippen LogP contribution >= 0.6 is 0 Å². The molecule has 2 N–H and O–H groups in total. The lowest BCUT2D eigenvalue weighted by Gasteiger charge is -2.27. The number of aromatic nitrogens is 2. The number of likely N-dealkylation sites (tertiary alicyclic amines) is 1. The Kier molecular flexibility index (Phi) is 5.52. The maximum Gasteiger partial charge on any atom is 0.416 e. The number of nitrogens with one attached hydrogen (secondary N) is 2. The van der Waals surface area contributed by atoms with Gasteiger partial charge in [-0.25, -0.2) is 4.98 Å². The van der Waals surface area contributed by atoms with Crippen molar-refractivity contribution in [3.8, 4) is 17.3 Å². The number of nitriles is 1. The lowest BCUT2D eigenvalue weighted by atomic mass is 9.98. The van der Waals surface area contributed by atoms with E-state index in [4.69, 9.17) is 0 Å². The van der Waals surface area contributed by atoms with E-state index >= 15 is 0 Å². The highest BCUT2D eigenvalue weighted by Gasteiger charge is 2.43. The normalized spacial score (nSPS) is 21.5. The van der Waals surface area contributed by atoms with Crippen LogP contribution in [0.15, 0.2) is 30.5 Å². The molecule has 1 aliphatic heterocycles. The average Bonchev–Trinajstić information content (AvgIpc) is 3.31. The first-order valence-corrected chi connectivity index (χ1v) is 10.4. The van der Waals surface area contributed by atoms with E-state index in [9.17, 15) is 23.2 Å². The highest BCUT2D eigenvalue weighted by Crippen LogP contribution is 2.39. The number of benzene rings is 1. The summed E-state index contributed by atoms with van der Waals surface area (Å²) in [5, 5.41) is 12.3. The number of carbonyl (C=O) groups excluding carboxylic acids is 1. The molecule has 0 spiro atoms. The van der Waals surface area contributed by atoms with Gasteiger partial charge in [-0.1, -0.05) is 12.1 Å². The number of imidazole rings is 1. The fourth-order valence-electron chi connectivity index (χ4n) is 4.24. The topological polar surface area (TPSA) is 84.8 Å². The van der Waals surface area contributed by atoms with Crippen molar-refractivity contribution in [1.29, 1.82) is 5.26 Å². The second kappa shape index (κ2) is 8.00. The van der Waals surface area contributed by atoms with Crippen LogP contribution in [0.3, 0.4) is 0 Å². The number of halogens is 3. The molecule has 1 aromatic heterocycles. The van der Waals surface area contributed by atoms with Gasteiger partial charge in [0.05, 0.1) is 36.1 Å². The van der Waals surface area contributed by atoms with Crippen molar-refractivity contribution in [3.63, 3.8) is 0 Å². The SMILES string of the molecule is C[C@](C#N)(NC(=O)CN1CCC[C@@H]1c1ncc(-c2cccc(C(F)(F)F)c2)[nH]1)C1CC1. The van der Waals surface area contributed by atoms with Crippen LogP contribution in [-0.2, 0) is 11.0 Å². The molecule has 1 aliphatic carbocycles. The Morgan fingerprint density at radius 2 is 2.13 bits per heavy atom. The van der Waals surface area contributed by atoms with E-state index in [1.807, 2.05) is 4.90 Å². The van der Waals surface area contributed by atoms with Crippen LogP contribution in [0, 0.1) is 17.2 Å². The van der Waals surface area contributed by atoms with Gasteiger partial charge in [0.25, 0.3) is 0 Å². The zero-order valence-corrected chi connectivity index (χ0v) is 17.2. The van der Waals surface area contributed by atoms with Crippen molar-refractivity contribution < 1.29 is 18.0 Å². The van der Waals surface area contributed by atoms with Crippen LogP contribution < -0.4 is 5.32 Å². The number of hydrogen-bond acceptors (Lipinski definition) is 4. The van der Waals surface area contributed by atoms with Gasteiger partial charge < -0.3 is 10.3 Å². The van der Waals surface area contributed by atoms with E-state index in [0.29, 0.717) is 23.6 Å². The van der Waals surface area contributed by atoms with Gasteiger partial charge in [-0.2, -0.15) is 18.4 Å². The Morgan fingerprint density at radius 1 is 1.35 bits per heavy atom. The van der Waals surface area contributed by atoms with Gasteiger partial charge in [0, 0.05) is 5.56 Å². The predicted molar refractivity (Wildman–Crippen MR) is 107 cm³/mol. The molecule has 2 aromatic rings. The summed E-state index contributed by atoms with van der Waals surface area (Å²) >= 11 is 0. The molecule has 2 fully saturated rings. The molecule has 0 unspecified atom stereocenters. The Morgan fingerprint density at radius 3 is 2.81 bits per heavy atom. The molecule has 1 saturated carbocycles. The Balaban J connectivity index is 1.46. The van der Waals surface area contributed by atoms with Crippen LogP contribution in [0.4, 0.5) is 13.2 Å². The molecule has 0 bridgehead atoms. The van der Waals surface area contributed by atoms with E-state index in [-0.39, 0.29) is 24.4 Å². The number of H-pyrrole nitrogens is 1. The first-order chi connectivity index (χ1) is 14.7. The Hall–Kier alpha value is -2.86. The van der Waals surface area contributed by atoms with Crippen molar-refractivity contribution in [2.24, 2.45) is 5.92 Å². The molecule has 1 amide bonds. The number of alkyl halides is 3. The van der Waals surface area contributed by atoms with Gasteiger partial charge in [0.1, 0.15) is 11.4 Å². The summed E-state index contributed by atoms with van der Waals surface area (Å²) in [7, 11) is 0. The van der Waals surface area contributed by atoms with Crippen LogP contribution in [0.1, 0.15) is 50.0 Å². The first-order valence-electron chi connectivity index (χ1n) is 10.4. The number of hydrogen-bond donors (Lipinski definition) is 2. The minimum atomic E-state index is -4.41. The minimum Gasteiger partial charge on any atom is -0.341 e. The highest BCUT2D eigenvalue weighted by atomic mass is 19.4. The quantitative estimate of drug-likeness (QED) is 0.723. The van der Waals surface area contributed by atoms with Gasteiger partial charge in [0.15, 0.2) is 0 Å². The number of nitrogens with zero attached hydrogens (tertiary/aromatic N) is 3. The van der Waals surface area contributed by atoms with Crippen molar-refractivity contribution in [3.05, 3.63) is 41.9 Å². The molecule has 2 atom stereocenters. The van der Waals surface area contributed by atoms with Crippen LogP contribution in [0.2, 0.25) is 0 Å². The van der Waals surface area contributed by atoms with E-state index in [1.54, 1.807) is 13.0 Å². The second-order valence-electron chi connectivity index (χ2n) is 8.53. The summed E-state index contributed by atoms with van der Waals surface area (Å²) in [6.07, 6.45) is 0.688. The number of amides is 1. The van der Waals surface area contributed by atoms with Gasteiger partial charge in [0.2, 0.25) is 5.91 Å². The van der Waals surface area contributed by atoms with Gasteiger partial charge >= 0.3 is 6.18 Å². The largest absolute Gasteiger partial charge is 0.416 e. The first kappa shape index (κ1) is 21.4. The molecule has 0 radical (unpaired) electrons. The van der Waals surface area contributed by atoms with Crippen molar-refractivity contribution in [1.82, 2.24) is 20.2 Å². The van der Waals surface area contributed by atoms with Gasteiger partial charge in [-0.3, -0.25) is 9.69 Å². The predicted octanol–water partition coefficient (Wildman–Crippen LogP) is 4.04. The molecule has 2 heterocycles. The van der Waals surface area contributed by atoms with Gasteiger partial charge in [-0.15, -0.1) is 0 Å². The summed E-state index contributed by atoms with van der Waals surface area (Å²) in [4.78, 5) is 22.1. The lowest BCUT2D eigenvalue weighted by molar-refractivity contribution is -0.137. The molecular weight excluding hydrogens is 407 g/mol. The maximum atomic E-state index is 13.0. The van der Waals surface area contributed by atoms with Crippen LogP contribution in [-0.4, -0.2) is 39.4 Å². The third kappa shape index (κ3) is 4.59. The maximum absolute atomic E-state index is 13.0. The van der Waals surface area contributed by atoms with Crippen LogP contribution in [0.5, 0.6) is 0 Å². The highest BCUT2D eigenvalue weighted by molar-refractivity contribution is 5.79. The van der Waals surface area contributed by atoms with Crippen LogP contribution in [0.25, 0.3) is 11.3 Å². The summed E-state index contributed by atoms with van der Waals surface area (Å²) in [5.74, 6) is 0.631. The summed E-state index contributed by atoms with van der Waals surface area (Å²) in [5.41, 5.74) is -0.641. The molecular formula is C22H24F3N5O. The Labute approximate surface area is 178 Å². The monoisotopic (exact) mass is 431 g/mol. The molecule has 1 aromatic carbocycles. The van der Waals surface area contributed by atoms with Crippen molar-refractivity contribution >= 4 is 5.91 Å². The third-order valence-corrected chi connectivity index (χ3v) is 6.15. The molecule has 1 saturated heterocycles. The van der Waals surface area contributed by atoms with E-state index in [1.165, 1.54) is 12.3 Å². The zero-order chi connectivity index (χ0) is 22.2. The molecule has 2 aliphatic rings. The lowest BCUT2D eigenvalue weighted by Crippen LogP contribution is -2.50. The summed E-state index contributed by atoms with van der Waals surface area (Å²) < 4.78 is 39.0. The van der Waals surface area contributed by atoms with Gasteiger partial charge in [-0.05, 0) is 57.2 Å². The molecule has 164 valence electrons. The molecule has 4 rings (SSSR count).